The van der Waals surface area contributed by atoms with Crippen molar-refractivity contribution >= 4 is 0 Å². The molecule has 0 aromatic carbocycles. The molecule has 18 heavy (non-hydrogen) atoms. The lowest BCUT2D eigenvalue weighted by Gasteiger charge is -2.31. The van der Waals surface area contributed by atoms with Crippen LogP contribution in [0.5, 0.6) is 0 Å². The van der Waals surface area contributed by atoms with Crippen molar-refractivity contribution in [3.8, 4) is 0 Å². The van der Waals surface area contributed by atoms with Crippen molar-refractivity contribution in [3.05, 3.63) is 12.7 Å². The van der Waals surface area contributed by atoms with Crippen LogP contribution < -0.4 is 5.32 Å². The third kappa shape index (κ3) is 8.67. The number of rotatable bonds is 12. The standard InChI is InChI=1S/C15H32N2O/c1-6-8-15(13-16-12-14(3)4)17(9-7-2)10-11-18-5/h7,14-16H,2,6,8-13H2,1,3-5H3. The maximum absolute atomic E-state index is 5.19. The molecule has 0 spiro atoms. The van der Waals surface area contributed by atoms with Gasteiger partial charge in [0.1, 0.15) is 0 Å². The summed E-state index contributed by atoms with van der Waals surface area (Å²) in [5.74, 6) is 0.708. The lowest BCUT2D eigenvalue weighted by Crippen LogP contribution is -2.44. The fraction of sp³-hybridized carbons (Fsp3) is 0.867. The Morgan fingerprint density at radius 3 is 2.56 bits per heavy atom. The van der Waals surface area contributed by atoms with E-state index in [0.29, 0.717) is 12.0 Å². The molecule has 0 saturated carbocycles. The number of nitrogens with zero attached hydrogens (tertiary/aromatic N) is 1. The van der Waals surface area contributed by atoms with E-state index in [9.17, 15) is 0 Å². The average molecular weight is 256 g/mol. The van der Waals surface area contributed by atoms with Crippen LogP contribution in [0.25, 0.3) is 0 Å². The average Bonchev–Trinajstić information content (AvgIpc) is 2.33. The van der Waals surface area contributed by atoms with Crippen LogP contribution in [-0.2, 0) is 4.74 Å². The van der Waals surface area contributed by atoms with E-state index < -0.39 is 0 Å². The largest absolute Gasteiger partial charge is 0.383 e. The Balaban J connectivity index is 4.23. The van der Waals surface area contributed by atoms with Crippen LogP contribution in [0, 0.1) is 5.92 Å². The van der Waals surface area contributed by atoms with E-state index in [1.807, 2.05) is 6.08 Å². The van der Waals surface area contributed by atoms with E-state index in [1.165, 1.54) is 12.8 Å². The summed E-state index contributed by atoms with van der Waals surface area (Å²) in [6, 6.07) is 0.585. The van der Waals surface area contributed by atoms with Gasteiger partial charge in [0, 0.05) is 32.8 Å². The van der Waals surface area contributed by atoms with Crippen molar-refractivity contribution in [2.45, 2.75) is 39.7 Å². The maximum atomic E-state index is 5.19. The van der Waals surface area contributed by atoms with E-state index >= 15 is 0 Å². The number of hydrogen-bond acceptors (Lipinski definition) is 3. The maximum Gasteiger partial charge on any atom is 0.0589 e. The van der Waals surface area contributed by atoms with Gasteiger partial charge in [0.05, 0.1) is 6.61 Å². The van der Waals surface area contributed by atoms with Gasteiger partial charge >= 0.3 is 0 Å². The van der Waals surface area contributed by atoms with Gasteiger partial charge in [-0.05, 0) is 18.9 Å². The zero-order valence-electron chi connectivity index (χ0n) is 12.7. The van der Waals surface area contributed by atoms with Crippen LogP contribution in [0.4, 0.5) is 0 Å². The van der Waals surface area contributed by atoms with Gasteiger partial charge < -0.3 is 10.1 Å². The third-order valence-electron chi connectivity index (χ3n) is 3.02. The van der Waals surface area contributed by atoms with Crippen molar-refractivity contribution in [2.24, 2.45) is 5.92 Å². The fourth-order valence-electron chi connectivity index (χ4n) is 2.08. The van der Waals surface area contributed by atoms with Gasteiger partial charge in [-0.3, -0.25) is 4.90 Å². The quantitative estimate of drug-likeness (QED) is 0.543. The minimum absolute atomic E-state index is 0.585. The van der Waals surface area contributed by atoms with Crippen molar-refractivity contribution in [2.75, 3.05) is 39.9 Å². The Bertz CT molecular complexity index is 195. The SMILES string of the molecule is C=CCN(CCOC)C(CCC)CNCC(C)C. The monoisotopic (exact) mass is 256 g/mol. The van der Waals surface area contributed by atoms with E-state index in [-0.39, 0.29) is 0 Å². The molecule has 3 heteroatoms. The number of methoxy groups -OCH3 is 1. The summed E-state index contributed by atoms with van der Waals surface area (Å²) in [5, 5.41) is 3.57. The first kappa shape index (κ1) is 17.6. The molecule has 0 bridgehead atoms. The molecule has 1 unspecified atom stereocenters. The van der Waals surface area contributed by atoms with Gasteiger partial charge in [-0.2, -0.15) is 0 Å². The summed E-state index contributed by atoms with van der Waals surface area (Å²) in [6.07, 6.45) is 4.43. The van der Waals surface area contributed by atoms with E-state index in [2.05, 4.69) is 37.6 Å². The Kier molecular flexibility index (Phi) is 11.4. The van der Waals surface area contributed by atoms with E-state index in [1.54, 1.807) is 7.11 Å². The van der Waals surface area contributed by atoms with Crippen molar-refractivity contribution in [3.63, 3.8) is 0 Å². The van der Waals surface area contributed by atoms with Crippen LogP contribution in [0.1, 0.15) is 33.6 Å². The Morgan fingerprint density at radius 2 is 2.06 bits per heavy atom. The fourth-order valence-corrected chi connectivity index (χ4v) is 2.08. The van der Waals surface area contributed by atoms with Gasteiger partial charge in [0.15, 0.2) is 0 Å². The van der Waals surface area contributed by atoms with Crippen LogP contribution in [0.3, 0.4) is 0 Å². The molecule has 3 nitrogen and oxygen atoms in total. The first-order chi connectivity index (χ1) is 8.65. The normalized spacial score (nSPS) is 13.2. The zero-order valence-corrected chi connectivity index (χ0v) is 12.7. The zero-order chi connectivity index (χ0) is 13.8. The van der Waals surface area contributed by atoms with Gasteiger partial charge in [0.2, 0.25) is 0 Å². The van der Waals surface area contributed by atoms with Gasteiger partial charge in [-0.25, -0.2) is 0 Å². The number of hydrogen-bond donors (Lipinski definition) is 1. The molecule has 0 heterocycles. The molecular weight excluding hydrogens is 224 g/mol. The molecule has 0 saturated heterocycles. The lowest BCUT2D eigenvalue weighted by molar-refractivity contribution is 0.123. The highest BCUT2D eigenvalue weighted by atomic mass is 16.5. The van der Waals surface area contributed by atoms with Crippen LogP contribution in [-0.4, -0.2) is 50.8 Å². The van der Waals surface area contributed by atoms with Crippen LogP contribution in [0.2, 0.25) is 0 Å². The predicted octanol–water partition coefficient (Wildman–Crippen LogP) is 2.54. The van der Waals surface area contributed by atoms with Gasteiger partial charge in [-0.1, -0.05) is 33.3 Å². The summed E-state index contributed by atoms with van der Waals surface area (Å²) >= 11 is 0. The first-order valence-corrected chi connectivity index (χ1v) is 7.20. The molecule has 0 fully saturated rings. The molecule has 0 aliphatic rings. The topological polar surface area (TPSA) is 24.5 Å². The molecule has 1 N–H and O–H groups in total. The molecule has 0 aromatic heterocycles. The van der Waals surface area contributed by atoms with Gasteiger partial charge in [0.25, 0.3) is 0 Å². The molecule has 0 radical (unpaired) electrons. The molecule has 1 atom stereocenters. The molecular formula is C15H32N2O. The lowest BCUT2D eigenvalue weighted by atomic mass is 10.1. The third-order valence-corrected chi connectivity index (χ3v) is 3.02. The molecule has 0 amide bonds. The summed E-state index contributed by atoms with van der Waals surface area (Å²) < 4.78 is 5.19. The number of nitrogens with one attached hydrogen (secondary N) is 1. The molecule has 0 aliphatic carbocycles. The van der Waals surface area contributed by atoms with Crippen LogP contribution >= 0.6 is 0 Å². The van der Waals surface area contributed by atoms with E-state index in [4.69, 9.17) is 4.74 Å². The molecule has 0 aromatic rings. The first-order valence-electron chi connectivity index (χ1n) is 7.20. The highest BCUT2D eigenvalue weighted by molar-refractivity contribution is 4.81. The molecule has 0 rings (SSSR count). The molecule has 0 aliphatic heterocycles. The highest BCUT2D eigenvalue weighted by Crippen LogP contribution is 2.07. The highest BCUT2D eigenvalue weighted by Gasteiger charge is 2.16. The summed E-state index contributed by atoms with van der Waals surface area (Å²) in [4.78, 5) is 2.47. The Labute approximate surface area is 114 Å². The van der Waals surface area contributed by atoms with Crippen molar-refractivity contribution in [1.29, 1.82) is 0 Å². The summed E-state index contributed by atoms with van der Waals surface area (Å²) in [5.41, 5.74) is 0. The second-order valence-electron chi connectivity index (χ2n) is 5.27. The Hall–Kier alpha value is -0.380. The smallest absolute Gasteiger partial charge is 0.0589 e. The second kappa shape index (κ2) is 11.7. The Morgan fingerprint density at radius 1 is 1.33 bits per heavy atom. The molecule has 108 valence electrons. The van der Waals surface area contributed by atoms with Crippen molar-refractivity contribution < 1.29 is 4.74 Å². The van der Waals surface area contributed by atoms with E-state index in [0.717, 1.165) is 32.8 Å². The van der Waals surface area contributed by atoms with Crippen LogP contribution in [0.15, 0.2) is 12.7 Å². The van der Waals surface area contributed by atoms with Crippen molar-refractivity contribution in [1.82, 2.24) is 10.2 Å². The second-order valence-corrected chi connectivity index (χ2v) is 5.27. The predicted molar refractivity (Wildman–Crippen MR) is 80.0 cm³/mol. The minimum atomic E-state index is 0.585. The minimum Gasteiger partial charge on any atom is -0.383 e. The number of ether oxygens (including phenoxy) is 1. The summed E-state index contributed by atoms with van der Waals surface area (Å²) in [7, 11) is 1.76. The van der Waals surface area contributed by atoms with Gasteiger partial charge in [-0.15, -0.1) is 6.58 Å². The summed E-state index contributed by atoms with van der Waals surface area (Å²) in [6.45, 7) is 15.5.